The van der Waals surface area contributed by atoms with Crippen molar-refractivity contribution >= 4 is 28.0 Å². The Morgan fingerprint density at radius 1 is 1.06 bits per heavy atom. The normalized spacial score (nSPS) is 11.8. The van der Waals surface area contributed by atoms with Crippen molar-refractivity contribution in [2.75, 3.05) is 0 Å². The highest BCUT2D eigenvalue weighted by Crippen LogP contribution is 2.25. The van der Waals surface area contributed by atoms with Gasteiger partial charge in [-0.3, -0.25) is 14.0 Å². The maximum Gasteiger partial charge on any atom is 0.251 e. The summed E-state index contributed by atoms with van der Waals surface area (Å²) in [5.41, 5.74) is 4.42. The number of hydrogen-bond acceptors (Lipinski definition) is 5. The lowest BCUT2D eigenvalue weighted by molar-refractivity contribution is 0.0951. The minimum atomic E-state index is -1.13. The number of benzene rings is 2. The van der Waals surface area contributed by atoms with E-state index < -0.39 is 10.8 Å². The van der Waals surface area contributed by atoms with Crippen molar-refractivity contribution in [1.82, 2.24) is 15.3 Å². The van der Waals surface area contributed by atoms with Gasteiger partial charge in [-0.1, -0.05) is 35.9 Å². The van der Waals surface area contributed by atoms with Crippen molar-refractivity contribution in [1.29, 1.82) is 0 Å². The van der Waals surface area contributed by atoms with Crippen molar-refractivity contribution < 1.29 is 9.00 Å². The molecule has 2 heterocycles. The van der Waals surface area contributed by atoms with Crippen LogP contribution < -0.4 is 5.32 Å². The van der Waals surface area contributed by atoms with Crippen molar-refractivity contribution in [2.24, 2.45) is 0 Å². The van der Waals surface area contributed by atoms with E-state index in [0.717, 1.165) is 32.3 Å². The standard InChI is InChI=1S/C24H21N3O2S2/c1-17-4-10-22(11-5-17)31(29)16-21-15-30-24(27-21)20-8-6-19(7-9-20)23(28)26-14-18-3-2-12-25-13-18/h2-13,15H,14,16H2,1H3,(H,26,28). The molecule has 0 aliphatic carbocycles. The molecule has 5 nitrogen and oxygen atoms in total. The average Bonchev–Trinajstić information content (AvgIpc) is 3.27. The van der Waals surface area contributed by atoms with E-state index in [1.54, 1.807) is 24.5 Å². The van der Waals surface area contributed by atoms with Crippen LogP contribution in [0.5, 0.6) is 0 Å². The molecule has 4 rings (SSSR count). The van der Waals surface area contributed by atoms with Crippen LogP contribution in [0.3, 0.4) is 0 Å². The predicted molar refractivity (Wildman–Crippen MR) is 124 cm³/mol. The number of carbonyl (C=O) groups excluding carboxylic acids is 1. The maximum atomic E-state index is 12.6. The van der Waals surface area contributed by atoms with E-state index in [0.29, 0.717) is 17.9 Å². The number of aromatic nitrogens is 2. The number of aryl methyl sites for hydroxylation is 1. The van der Waals surface area contributed by atoms with Gasteiger partial charge in [-0.25, -0.2) is 4.98 Å². The number of nitrogens with one attached hydrogen (secondary N) is 1. The summed E-state index contributed by atoms with van der Waals surface area (Å²) in [7, 11) is -1.13. The van der Waals surface area contributed by atoms with Gasteiger partial charge in [0.1, 0.15) is 5.01 Å². The SMILES string of the molecule is Cc1ccc(S(=O)Cc2csc(-c3ccc(C(=O)NCc4cccnc4)cc3)n2)cc1. The first-order chi connectivity index (χ1) is 15.1. The second-order valence-electron chi connectivity index (χ2n) is 7.07. The Morgan fingerprint density at radius 3 is 2.55 bits per heavy atom. The molecule has 0 bridgehead atoms. The summed E-state index contributed by atoms with van der Waals surface area (Å²) in [4.78, 5) is 21.9. The molecule has 0 saturated carbocycles. The smallest absolute Gasteiger partial charge is 0.251 e. The highest BCUT2D eigenvalue weighted by molar-refractivity contribution is 7.84. The minimum absolute atomic E-state index is 0.135. The minimum Gasteiger partial charge on any atom is -0.348 e. The number of nitrogens with zero attached hydrogens (tertiary/aromatic N) is 2. The molecule has 0 fully saturated rings. The van der Waals surface area contributed by atoms with Crippen LogP contribution in [0.4, 0.5) is 0 Å². The van der Waals surface area contributed by atoms with Crippen molar-refractivity contribution in [3.63, 3.8) is 0 Å². The molecule has 156 valence electrons. The summed E-state index contributed by atoms with van der Waals surface area (Å²) in [5.74, 6) is 0.248. The summed E-state index contributed by atoms with van der Waals surface area (Å²) >= 11 is 1.51. The van der Waals surface area contributed by atoms with Crippen LogP contribution in [0, 0.1) is 6.92 Å². The summed E-state index contributed by atoms with van der Waals surface area (Å²) in [6, 6.07) is 18.9. The van der Waals surface area contributed by atoms with Gasteiger partial charge in [0, 0.05) is 40.3 Å². The highest BCUT2D eigenvalue weighted by Gasteiger charge is 2.11. The zero-order valence-corrected chi connectivity index (χ0v) is 18.6. The van der Waals surface area contributed by atoms with E-state index in [2.05, 4.69) is 15.3 Å². The summed E-state index contributed by atoms with van der Waals surface area (Å²) < 4.78 is 12.6. The van der Waals surface area contributed by atoms with Crippen molar-refractivity contribution in [3.8, 4) is 10.6 Å². The second-order valence-corrected chi connectivity index (χ2v) is 9.38. The molecule has 31 heavy (non-hydrogen) atoms. The quantitative estimate of drug-likeness (QED) is 0.444. The first kappa shape index (κ1) is 21.1. The second kappa shape index (κ2) is 9.76. The van der Waals surface area contributed by atoms with Crippen LogP contribution in [0.2, 0.25) is 0 Å². The van der Waals surface area contributed by atoms with E-state index in [4.69, 9.17) is 0 Å². The zero-order chi connectivity index (χ0) is 21.6. The van der Waals surface area contributed by atoms with Gasteiger partial charge in [0.2, 0.25) is 0 Å². The van der Waals surface area contributed by atoms with Gasteiger partial charge in [0.05, 0.1) is 22.2 Å². The third-order valence-corrected chi connectivity index (χ3v) is 6.98. The van der Waals surface area contributed by atoms with Gasteiger partial charge < -0.3 is 5.32 Å². The fraction of sp³-hybridized carbons (Fsp3) is 0.125. The Bertz CT molecular complexity index is 1190. The molecule has 1 N–H and O–H groups in total. The molecule has 0 spiro atoms. The number of pyridine rings is 1. The number of thiazole rings is 1. The van der Waals surface area contributed by atoms with Crippen LogP contribution in [0.25, 0.3) is 10.6 Å². The van der Waals surface area contributed by atoms with E-state index in [1.165, 1.54) is 11.3 Å². The van der Waals surface area contributed by atoms with E-state index in [-0.39, 0.29) is 5.91 Å². The Morgan fingerprint density at radius 2 is 1.84 bits per heavy atom. The van der Waals surface area contributed by atoms with Crippen LogP contribution in [-0.4, -0.2) is 20.1 Å². The molecule has 1 unspecified atom stereocenters. The molecule has 2 aromatic carbocycles. The van der Waals surface area contributed by atoms with Gasteiger partial charge in [0.15, 0.2) is 0 Å². The Labute approximate surface area is 187 Å². The van der Waals surface area contributed by atoms with Gasteiger partial charge in [-0.15, -0.1) is 11.3 Å². The van der Waals surface area contributed by atoms with Gasteiger partial charge in [-0.2, -0.15) is 0 Å². The van der Waals surface area contributed by atoms with Crippen LogP contribution >= 0.6 is 11.3 Å². The molecular formula is C24H21N3O2S2. The van der Waals surface area contributed by atoms with Gasteiger partial charge in [0.25, 0.3) is 5.91 Å². The first-order valence-electron chi connectivity index (χ1n) is 9.75. The lowest BCUT2D eigenvalue weighted by Gasteiger charge is -2.05. The monoisotopic (exact) mass is 447 g/mol. The first-order valence-corrected chi connectivity index (χ1v) is 12.0. The summed E-state index contributed by atoms with van der Waals surface area (Å²) in [5, 5.41) is 5.68. The molecule has 4 aromatic rings. The Kier molecular flexibility index (Phi) is 6.64. The Hall–Kier alpha value is -3.16. The van der Waals surface area contributed by atoms with E-state index in [1.807, 2.05) is 60.8 Å². The molecule has 7 heteroatoms. The van der Waals surface area contributed by atoms with Gasteiger partial charge >= 0.3 is 0 Å². The lowest BCUT2D eigenvalue weighted by Crippen LogP contribution is -2.22. The molecule has 1 atom stereocenters. The number of carbonyl (C=O) groups is 1. The molecule has 0 aliphatic heterocycles. The van der Waals surface area contributed by atoms with E-state index >= 15 is 0 Å². The highest BCUT2D eigenvalue weighted by atomic mass is 32.2. The van der Waals surface area contributed by atoms with Crippen LogP contribution in [0.15, 0.2) is 83.3 Å². The molecule has 0 radical (unpaired) electrons. The van der Waals surface area contributed by atoms with Crippen molar-refractivity contribution in [3.05, 3.63) is 101 Å². The third-order valence-electron chi connectivity index (χ3n) is 4.68. The van der Waals surface area contributed by atoms with Crippen molar-refractivity contribution in [2.45, 2.75) is 24.1 Å². The van der Waals surface area contributed by atoms with Crippen LogP contribution in [0.1, 0.15) is 27.2 Å². The predicted octanol–water partition coefficient (Wildman–Crippen LogP) is 4.75. The molecule has 2 aromatic heterocycles. The maximum absolute atomic E-state index is 12.6. The molecule has 0 saturated heterocycles. The fourth-order valence-corrected chi connectivity index (χ4v) is 4.92. The average molecular weight is 448 g/mol. The molecule has 1 amide bonds. The lowest BCUT2D eigenvalue weighted by atomic mass is 10.1. The van der Waals surface area contributed by atoms with E-state index in [9.17, 15) is 9.00 Å². The third kappa shape index (κ3) is 5.51. The molecule has 0 aliphatic rings. The largest absolute Gasteiger partial charge is 0.348 e. The zero-order valence-electron chi connectivity index (χ0n) is 16.9. The van der Waals surface area contributed by atoms with Gasteiger partial charge in [-0.05, 0) is 42.8 Å². The number of amides is 1. The number of rotatable bonds is 7. The Balaban J connectivity index is 1.38. The summed E-state index contributed by atoms with van der Waals surface area (Å²) in [6.45, 7) is 2.44. The van der Waals surface area contributed by atoms with Crippen LogP contribution in [-0.2, 0) is 23.1 Å². The molecular weight excluding hydrogens is 426 g/mol. The summed E-state index contributed by atoms with van der Waals surface area (Å²) in [6.07, 6.45) is 3.43. The fourth-order valence-electron chi connectivity index (χ4n) is 2.96. The number of hydrogen-bond donors (Lipinski definition) is 1. The topological polar surface area (TPSA) is 72.0 Å².